The number of hydrogen-bond donors (Lipinski definition) is 2. The molecule has 0 spiro atoms. The van der Waals surface area contributed by atoms with Crippen LogP contribution in [0.4, 0.5) is 13.2 Å². The molecule has 9 heteroatoms. The van der Waals surface area contributed by atoms with E-state index in [1.54, 1.807) is 4.72 Å². The third kappa shape index (κ3) is 4.36. The number of halogens is 3. The molecule has 1 heterocycles. The highest BCUT2D eigenvalue weighted by atomic mass is 32.2. The second kappa shape index (κ2) is 5.07. The summed E-state index contributed by atoms with van der Waals surface area (Å²) in [5, 5.41) is -0.444. The maximum atomic E-state index is 11.8. The first-order chi connectivity index (χ1) is 7.74. The van der Waals surface area contributed by atoms with Gasteiger partial charge in [0, 0.05) is 6.54 Å². The zero-order valence-corrected chi connectivity index (χ0v) is 9.44. The third-order valence-electron chi connectivity index (χ3n) is 1.80. The average Bonchev–Trinajstić information content (AvgIpc) is 2.63. The molecule has 0 atom stereocenters. The fourth-order valence-electron chi connectivity index (χ4n) is 1.01. The maximum Gasteiger partial charge on any atom is 0.390 e. The van der Waals surface area contributed by atoms with E-state index in [2.05, 4.69) is 0 Å². The van der Waals surface area contributed by atoms with Crippen LogP contribution >= 0.6 is 0 Å². The molecule has 0 saturated heterocycles. The molecule has 0 saturated carbocycles. The van der Waals surface area contributed by atoms with E-state index in [-0.39, 0.29) is 12.3 Å². The summed E-state index contributed by atoms with van der Waals surface area (Å²) in [6.45, 7) is -0.720. The highest BCUT2D eigenvalue weighted by Crippen LogP contribution is 2.19. The zero-order chi connectivity index (χ0) is 13.1. The topological polar surface area (TPSA) is 85.3 Å². The molecule has 1 aromatic heterocycles. The molecule has 0 bridgehead atoms. The first-order valence-corrected chi connectivity index (χ1v) is 6.08. The molecule has 0 aliphatic carbocycles. The van der Waals surface area contributed by atoms with E-state index in [1.807, 2.05) is 0 Å². The van der Waals surface area contributed by atoms with Gasteiger partial charge in [0.1, 0.15) is 5.76 Å². The average molecular weight is 272 g/mol. The Morgan fingerprint density at radius 1 is 1.35 bits per heavy atom. The number of alkyl halides is 3. The molecule has 5 nitrogen and oxygen atoms in total. The highest BCUT2D eigenvalue weighted by Gasteiger charge is 2.28. The van der Waals surface area contributed by atoms with Crippen molar-refractivity contribution in [1.29, 1.82) is 0 Å². The van der Waals surface area contributed by atoms with Gasteiger partial charge in [0.15, 0.2) is 0 Å². The van der Waals surface area contributed by atoms with Crippen molar-refractivity contribution in [3.63, 3.8) is 0 Å². The van der Waals surface area contributed by atoms with Crippen LogP contribution in [0.5, 0.6) is 0 Å². The van der Waals surface area contributed by atoms with E-state index in [0.717, 1.165) is 6.07 Å². The van der Waals surface area contributed by atoms with Crippen molar-refractivity contribution < 1.29 is 26.0 Å². The van der Waals surface area contributed by atoms with Crippen molar-refractivity contribution in [2.45, 2.75) is 24.2 Å². The van der Waals surface area contributed by atoms with Crippen molar-refractivity contribution in [2.24, 2.45) is 5.73 Å². The smallest absolute Gasteiger partial charge is 0.390 e. The molecule has 0 aromatic carbocycles. The molecule has 0 amide bonds. The second-order valence-corrected chi connectivity index (χ2v) is 4.89. The van der Waals surface area contributed by atoms with Crippen LogP contribution < -0.4 is 10.5 Å². The number of nitrogens with two attached hydrogens (primary N) is 1. The van der Waals surface area contributed by atoms with Crippen LogP contribution in [0.15, 0.2) is 21.6 Å². The summed E-state index contributed by atoms with van der Waals surface area (Å²) in [6, 6.07) is 2.48. The molecule has 0 fully saturated rings. The van der Waals surface area contributed by atoms with Crippen molar-refractivity contribution in [2.75, 3.05) is 6.54 Å². The molecule has 3 N–H and O–H groups in total. The number of rotatable bonds is 5. The maximum absolute atomic E-state index is 11.8. The molecule has 1 aromatic rings. The molecule has 98 valence electrons. The van der Waals surface area contributed by atoms with E-state index in [9.17, 15) is 21.6 Å². The molecule has 0 aliphatic rings. The Bertz CT molecular complexity index is 467. The summed E-state index contributed by atoms with van der Waals surface area (Å²) in [7, 11) is -4.04. The highest BCUT2D eigenvalue weighted by molar-refractivity contribution is 7.89. The summed E-state index contributed by atoms with van der Waals surface area (Å²) >= 11 is 0. The van der Waals surface area contributed by atoms with Gasteiger partial charge in [-0.15, -0.1) is 0 Å². The van der Waals surface area contributed by atoms with E-state index in [1.165, 1.54) is 6.07 Å². The lowest BCUT2D eigenvalue weighted by molar-refractivity contribution is -0.132. The van der Waals surface area contributed by atoms with Crippen LogP contribution in [0.1, 0.15) is 12.2 Å². The molecule has 17 heavy (non-hydrogen) atoms. The second-order valence-electron chi connectivity index (χ2n) is 3.19. The van der Waals surface area contributed by atoms with Crippen molar-refractivity contribution in [3.8, 4) is 0 Å². The number of hydrogen-bond acceptors (Lipinski definition) is 4. The number of nitrogens with one attached hydrogen (secondary N) is 1. The van der Waals surface area contributed by atoms with Gasteiger partial charge in [-0.3, -0.25) is 0 Å². The summed E-state index contributed by atoms with van der Waals surface area (Å²) in [4.78, 5) is 0. The van der Waals surface area contributed by atoms with Gasteiger partial charge in [0.25, 0.3) is 10.0 Å². The lowest BCUT2D eigenvalue weighted by Crippen LogP contribution is -2.27. The van der Waals surface area contributed by atoms with Gasteiger partial charge in [-0.25, -0.2) is 13.1 Å². The quantitative estimate of drug-likeness (QED) is 0.836. The SMILES string of the molecule is NCc1ccc(S(=O)(=O)NCCC(F)(F)F)o1. The molecular weight excluding hydrogens is 261 g/mol. The Labute approximate surface area is 95.8 Å². The van der Waals surface area contributed by atoms with E-state index < -0.39 is 34.3 Å². The van der Waals surface area contributed by atoms with Gasteiger partial charge < -0.3 is 10.2 Å². The van der Waals surface area contributed by atoms with Crippen LogP contribution in [0.2, 0.25) is 0 Å². The minimum absolute atomic E-state index is 0.0120. The fourth-order valence-corrected chi connectivity index (χ4v) is 1.99. The summed E-state index contributed by atoms with van der Waals surface area (Å²) in [5.74, 6) is 0.237. The van der Waals surface area contributed by atoms with E-state index in [0.29, 0.717) is 0 Å². The Morgan fingerprint density at radius 3 is 2.47 bits per heavy atom. The van der Waals surface area contributed by atoms with Crippen molar-refractivity contribution in [3.05, 3.63) is 17.9 Å². The largest absolute Gasteiger partial charge is 0.447 e. The van der Waals surface area contributed by atoms with Crippen LogP contribution in [0.25, 0.3) is 0 Å². The van der Waals surface area contributed by atoms with Gasteiger partial charge >= 0.3 is 6.18 Å². The first-order valence-electron chi connectivity index (χ1n) is 4.60. The standard InChI is InChI=1S/C8H11F3N2O3S/c9-8(10,11)3-4-13-17(14,15)7-2-1-6(5-12)16-7/h1-2,13H,3-5,12H2. The molecule has 0 unspecified atom stereocenters. The van der Waals surface area contributed by atoms with Gasteiger partial charge in [-0.05, 0) is 12.1 Å². The Hall–Kier alpha value is -1.06. The van der Waals surface area contributed by atoms with Crippen LogP contribution in [-0.4, -0.2) is 21.1 Å². The van der Waals surface area contributed by atoms with Gasteiger partial charge in [0.05, 0.1) is 13.0 Å². The summed E-state index contributed by atoms with van der Waals surface area (Å²) < 4.78 is 64.9. The molecule has 0 radical (unpaired) electrons. The molecular formula is C8H11F3N2O3S. The Morgan fingerprint density at radius 2 is 2.00 bits per heavy atom. The van der Waals surface area contributed by atoms with E-state index >= 15 is 0 Å². The van der Waals surface area contributed by atoms with Crippen molar-refractivity contribution >= 4 is 10.0 Å². The Kier molecular flexibility index (Phi) is 4.17. The van der Waals surface area contributed by atoms with Gasteiger partial charge in [0.2, 0.25) is 5.09 Å². The van der Waals surface area contributed by atoms with E-state index in [4.69, 9.17) is 10.2 Å². The van der Waals surface area contributed by atoms with Crippen LogP contribution in [0, 0.1) is 0 Å². The fraction of sp³-hybridized carbons (Fsp3) is 0.500. The first kappa shape index (κ1) is 14.0. The van der Waals surface area contributed by atoms with Crippen molar-refractivity contribution in [1.82, 2.24) is 4.72 Å². The lowest BCUT2D eigenvalue weighted by Gasteiger charge is -2.06. The third-order valence-corrected chi connectivity index (χ3v) is 3.14. The normalized spacial score (nSPS) is 12.9. The molecule has 1 rings (SSSR count). The van der Waals surface area contributed by atoms with Gasteiger partial charge in [-0.1, -0.05) is 0 Å². The monoisotopic (exact) mass is 272 g/mol. The molecule has 0 aliphatic heterocycles. The van der Waals surface area contributed by atoms with Crippen LogP contribution in [0.3, 0.4) is 0 Å². The van der Waals surface area contributed by atoms with Crippen LogP contribution in [-0.2, 0) is 16.6 Å². The summed E-state index contributed by atoms with van der Waals surface area (Å²) in [5.41, 5.74) is 5.21. The Balaban J connectivity index is 2.63. The minimum atomic E-state index is -4.41. The summed E-state index contributed by atoms with van der Waals surface area (Å²) in [6.07, 6.45) is -5.65. The minimum Gasteiger partial charge on any atom is -0.447 e. The number of sulfonamides is 1. The zero-order valence-electron chi connectivity index (χ0n) is 8.62. The lowest BCUT2D eigenvalue weighted by atomic mass is 10.4. The van der Waals surface area contributed by atoms with Gasteiger partial charge in [-0.2, -0.15) is 13.2 Å². The predicted molar refractivity (Wildman–Crippen MR) is 52.5 cm³/mol. The predicted octanol–water partition coefficient (Wildman–Crippen LogP) is 0.969. The number of furan rings is 1.